The van der Waals surface area contributed by atoms with Gasteiger partial charge in [0.05, 0.1) is 6.61 Å². The summed E-state index contributed by atoms with van der Waals surface area (Å²) in [6, 6.07) is 14.5. The molecule has 0 saturated carbocycles. The van der Waals surface area contributed by atoms with Crippen LogP contribution in [0.5, 0.6) is 0 Å². The molecule has 2 N–H and O–H groups in total. The van der Waals surface area contributed by atoms with E-state index in [0.717, 1.165) is 23.2 Å². The minimum Gasteiger partial charge on any atom is -0.392 e. The highest BCUT2D eigenvalue weighted by Gasteiger charge is 2.04. The third-order valence-corrected chi connectivity index (χ3v) is 3.19. The molecule has 2 aromatic rings. The molecule has 0 aliphatic carbocycles. The normalized spacial score (nSPS) is 12.4. The van der Waals surface area contributed by atoms with Crippen molar-refractivity contribution in [2.45, 2.75) is 26.1 Å². The van der Waals surface area contributed by atoms with Gasteiger partial charge in [0.2, 0.25) is 0 Å². The lowest BCUT2D eigenvalue weighted by molar-refractivity contribution is 0.282. The third-order valence-electron chi connectivity index (χ3n) is 3.19. The number of aliphatic hydroxyl groups is 1. The Morgan fingerprint density at radius 2 is 1.58 bits per heavy atom. The Kier molecular flexibility index (Phi) is 4.66. The van der Waals surface area contributed by atoms with Gasteiger partial charge < -0.3 is 10.4 Å². The first kappa shape index (κ1) is 13.7. The number of nitrogens with one attached hydrogen (secondary N) is 1. The predicted molar refractivity (Wildman–Crippen MR) is 74.0 cm³/mol. The molecule has 0 bridgehead atoms. The smallest absolute Gasteiger partial charge is 0.123 e. The van der Waals surface area contributed by atoms with Crippen LogP contribution in [0.1, 0.15) is 29.7 Å². The van der Waals surface area contributed by atoms with Crippen LogP contribution in [0.15, 0.2) is 48.5 Å². The maximum Gasteiger partial charge on any atom is 0.123 e. The fourth-order valence-electron chi connectivity index (χ4n) is 1.90. The Bertz CT molecular complexity index is 507. The second-order valence-electron chi connectivity index (χ2n) is 4.63. The van der Waals surface area contributed by atoms with Gasteiger partial charge in [0.25, 0.3) is 0 Å². The van der Waals surface area contributed by atoms with E-state index in [1.165, 1.54) is 12.1 Å². The van der Waals surface area contributed by atoms with Crippen molar-refractivity contribution in [1.82, 2.24) is 5.32 Å². The molecule has 0 amide bonds. The highest BCUT2D eigenvalue weighted by Crippen LogP contribution is 2.14. The highest BCUT2D eigenvalue weighted by molar-refractivity contribution is 5.23. The molecule has 2 aromatic carbocycles. The van der Waals surface area contributed by atoms with Crippen LogP contribution < -0.4 is 5.32 Å². The minimum absolute atomic E-state index is 0.0691. The van der Waals surface area contributed by atoms with E-state index in [1.807, 2.05) is 24.3 Å². The fraction of sp³-hybridized carbons (Fsp3) is 0.250. The molecule has 0 unspecified atom stereocenters. The van der Waals surface area contributed by atoms with Gasteiger partial charge in [-0.25, -0.2) is 4.39 Å². The summed E-state index contributed by atoms with van der Waals surface area (Å²) in [4.78, 5) is 0. The van der Waals surface area contributed by atoms with E-state index < -0.39 is 0 Å². The molecule has 0 heterocycles. The topological polar surface area (TPSA) is 32.3 Å². The number of rotatable bonds is 5. The van der Waals surface area contributed by atoms with Crippen LogP contribution in [0.4, 0.5) is 4.39 Å². The maximum atomic E-state index is 12.8. The molecule has 0 aromatic heterocycles. The summed E-state index contributed by atoms with van der Waals surface area (Å²) in [5, 5.41) is 12.4. The predicted octanol–water partition coefficient (Wildman–Crippen LogP) is 3.17. The molecule has 0 spiro atoms. The number of aliphatic hydroxyl groups excluding tert-OH is 1. The van der Waals surface area contributed by atoms with Gasteiger partial charge in [-0.05, 0) is 35.7 Å². The van der Waals surface area contributed by atoms with Crippen LogP contribution in [-0.2, 0) is 13.2 Å². The molecule has 3 heteroatoms. The number of halogens is 1. The summed E-state index contributed by atoms with van der Waals surface area (Å²) >= 11 is 0. The average Bonchev–Trinajstić information content (AvgIpc) is 2.46. The standard InChI is InChI=1S/C16H18FNO/c1-12(15-6-8-16(17)9-7-15)18-10-13-2-4-14(11-19)5-3-13/h2-9,12,18-19H,10-11H2,1H3/t12-/m1/s1. The Morgan fingerprint density at radius 3 is 2.16 bits per heavy atom. The quantitative estimate of drug-likeness (QED) is 0.864. The molecule has 0 saturated heterocycles. The summed E-state index contributed by atoms with van der Waals surface area (Å²) in [6.45, 7) is 2.86. The van der Waals surface area contributed by atoms with Gasteiger partial charge in [0.1, 0.15) is 5.82 Å². The van der Waals surface area contributed by atoms with Gasteiger partial charge in [0.15, 0.2) is 0 Å². The molecule has 0 fully saturated rings. The average molecular weight is 259 g/mol. The zero-order chi connectivity index (χ0) is 13.7. The van der Waals surface area contributed by atoms with Crippen molar-refractivity contribution in [3.63, 3.8) is 0 Å². The minimum atomic E-state index is -0.212. The SMILES string of the molecule is C[C@@H](NCc1ccc(CO)cc1)c1ccc(F)cc1. The van der Waals surface area contributed by atoms with Crippen LogP contribution in [0.25, 0.3) is 0 Å². The second kappa shape index (κ2) is 6.45. The highest BCUT2D eigenvalue weighted by atomic mass is 19.1. The molecule has 1 atom stereocenters. The summed E-state index contributed by atoms with van der Waals surface area (Å²) in [5.41, 5.74) is 3.13. The molecule has 2 rings (SSSR count). The second-order valence-corrected chi connectivity index (χ2v) is 4.63. The molecule has 2 nitrogen and oxygen atoms in total. The Morgan fingerprint density at radius 1 is 1.00 bits per heavy atom. The number of hydrogen-bond acceptors (Lipinski definition) is 2. The zero-order valence-corrected chi connectivity index (χ0v) is 10.9. The summed E-state index contributed by atoms with van der Waals surface area (Å²) in [5.74, 6) is -0.212. The van der Waals surface area contributed by atoms with Crippen molar-refractivity contribution in [3.05, 3.63) is 71.0 Å². The van der Waals surface area contributed by atoms with Gasteiger partial charge in [-0.15, -0.1) is 0 Å². The molecule has 0 aliphatic heterocycles. The van der Waals surface area contributed by atoms with E-state index in [1.54, 1.807) is 12.1 Å². The van der Waals surface area contributed by atoms with E-state index in [-0.39, 0.29) is 18.5 Å². The molecular weight excluding hydrogens is 241 g/mol. The third kappa shape index (κ3) is 3.88. The molecular formula is C16H18FNO. The first-order chi connectivity index (χ1) is 9.19. The van der Waals surface area contributed by atoms with E-state index >= 15 is 0 Å². The zero-order valence-electron chi connectivity index (χ0n) is 10.9. The van der Waals surface area contributed by atoms with E-state index in [0.29, 0.717) is 0 Å². The largest absolute Gasteiger partial charge is 0.392 e. The lowest BCUT2D eigenvalue weighted by atomic mass is 10.1. The Balaban J connectivity index is 1.92. The first-order valence-electron chi connectivity index (χ1n) is 6.36. The molecule has 100 valence electrons. The van der Waals surface area contributed by atoms with Crippen molar-refractivity contribution in [2.75, 3.05) is 0 Å². The van der Waals surface area contributed by atoms with E-state index in [4.69, 9.17) is 5.11 Å². The van der Waals surface area contributed by atoms with Crippen molar-refractivity contribution in [3.8, 4) is 0 Å². The van der Waals surface area contributed by atoms with E-state index in [9.17, 15) is 4.39 Å². The molecule has 0 aliphatic rings. The van der Waals surface area contributed by atoms with Crippen molar-refractivity contribution in [1.29, 1.82) is 0 Å². The van der Waals surface area contributed by atoms with Gasteiger partial charge >= 0.3 is 0 Å². The van der Waals surface area contributed by atoms with Crippen LogP contribution in [0.2, 0.25) is 0 Å². The Hall–Kier alpha value is -1.71. The van der Waals surface area contributed by atoms with Crippen LogP contribution in [0.3, 0.4) is 0 Å². The van der Waals surface area contributed by atoms with Gasteiger partial charge in [-0.3, -0.25) is 0 Å². The van der Waals surface area contributed by atoms with Gasteiger partial charge in [-0.2, -0.15) is 0 Å². The summed E-state index contributed by atoms with van der Waals surface area (Å²) in [6.07, 6.45) is 0. The summed E-state index contributed by atoms with van der Waals surface area (Å²) < 4.78 is 12.8. The van der Waals surface area contributed by atoms with Crippen LogP contribution in [0, 0.1) is 5.82 Å². The Labute approximate surface area is 112 Å². The summed E-state index contributed by atoms with van der Waals surface area (Å²) in [7, 11) is 0. The van der Waals surface area contributed by atoms with Crippen LogP contribution >= 0.6 is 0 Å². The maximum absolute atomic E-state index is 12.8. The lowest BCUT2D eigenvalue weighted by Crippen LogP contribution is -2.18. The van der Waals surface area contributed by atoms with Crippen molar-refractivity contribution in [2.24, 2.45) is 0 Å². The lowest BCUT2D eigenvalue weighted by Gasteiger charge is -2.14. The van der Waals surface area contributed by atoms with Crippen molar-refractivity contribution < 1.29 is 9.50 Å². The van der Waals surface area contributed by atoms with E-state index in [2.05, 4.69) is 12.2 Å². The van der Waals surface area contributed by atoms with Gasteiger partial charge in [-0.1, -0.05) is 36.4 Å². The van der Waals surface area contributed by atoms with Crippen LogP contribution in [-0.4, -0.2) is 5.11 Å². The first-order valence-corrected chi connectivity index (χ1v) is 6.36. The van der Waals surface area contributed by atoms with Gasteiger partial charge in [0, 0.05) is 12.6 Å². The molecule has 0 radical (unpaired) electrons. The van der Waals surface area contributed by atoms with Crippen molar-refractivity contribution >= 4 is 0 Å². The fourth-order valence-corrected chi connectivity index (χ4v) is 1.90. The number of hydrogen-bond donors (Lipinski definition) is 2. The molecule has 19 heavy (non-hydrogen) atoms. The number of benzene rings is 2. The monoisotopic (exact) mass is 259 g/mol.